The topological polar surface area (TPSA) is 81.7 Å². The molecule has 0 aromatic carbocycles. The van der Waals surface area contributed by atoms with Crippen LogP contribution in [0.2, 0.25) is 0 Å². The molecule has 1 saturated heterocycles. The number of urea groups is 1. The van der Waals surface area contributed by atoms with E-state index in [1.54, 1.807) is 23.3 Å². The molecule has 0 spiro atoms. The van der Waals surface area contributed by atoms with Crippen molar-refractivity contribution in [1.29, 1.82) is 0 Å². The van der Waals surface area contributed by atoms with Gasteiger partial charge in [-0.05, 0) is 12.5 Å². The van der Waals surface area contributed by atoms with Gasteiger partial charge in [-0.15, -0.1) is 4.99 Å². The zero-order valence-electron chi connectivity index (χ0n) is 14.5. The molecule has 1 fully saturated rings. The molecule has 0 unspecified atom stereocenters. The summed E-state index contributed by atoms with van der Waals surface area (Å²) in [6.07, 6.45) is 10.0. The zero-order chi connectivity index (χ0) is 17.7. The molecule has 0 aliphatic carbocycles. The number of rotatable bonds is 2. The Morgan fingerprint density at radius 3 is 3.08 bits per heavy atom. The molecule has 0 saturated carbocycles. The van der Waals surface area contributed by atoms with E-state index in [0.29, 0.717) is 19.0 Å². The van der Waals surface area contributed by atoms with Crippen LogP contribution in [0.5, 0.6) is 0 Å². The first-order valence-corrected chi connectivity index (χ1v) is 8.96. The predicted molar refractivity (Wildman–Crippen MR) is 98.0 cm³/mol. The molecule has 2 aliphatic heterocycles. The zero-order valence-corrected chi connectivity index (χ0v) is 14.5. The van der Waals surface area contributed by atoms with E-state index in [-0.39, 0.29) is 11.9 Å². The largest absolute Gasteiger partial charge is 0.438 e. The molecular formula is C18H20N7O+. The summed E-state index contributed by atoms with van der Waals surface area (Å²) in [7, 11) is 0. The van der Waals surface area contributed by atoms with E-state index in [9.17, 15) is 4.79 Å². The smallest absolute Gasteiger partial charge is 0.345 e. The van der Waals surface area contributed by atoms with Gasteiger partial charge >= 0.3 is 6.03 Å². The second kappa shape index (κ2) is 5.76. The van der Waals surface area contributed by atoms with Crippen LogP contribution in [0.3, 0.4) is 0 Å². The molecule has 132 valence electrons. The van der Waals surface area contributed by atoms with Crippen molar-refractivity contribution >= 4 is 35.4 Å². The van der Waals surface area contributed by atoms with Crippen molar-refractivity contribution in [2.45, 2.75) is 19.3 Å². The summed E-state index contributed by atoms with van der Waals surface area (Å²) >= 11 is 0. The Hall–Kier alpha value is -3.03. The first kappa shape index (κ1) is 15.2. The normalized spacial score (nSPS) is 22.7. The molecule has 2 amide bonds. The van der Waals surface area contributed by atoms with Crippen molar-refractivity contribution in [3.8, 4) is 0 Å². The van der Waals surface area contributed by atoms with Crippen LogP contribution < -0.4 is 0 Å². The van der Waals surface area contributed by atoms with E-state index in [4.69, 9.17) is 0 Å². The van der Waals surface area contributed by atoms with Crippen LogP contribution in [0.25, 0.3) is 16.8 Å². The Balaban J connectivity index is 1.54. The average molecular weight is 350 g/mol. The van der Waals surface area contributed by atoms with E-state index in [2.05, 4.69) is 31.3 Å². The third-order valence-electron chi connectivity index (χ3n) is 5.52. The van der Waals surface area contributed by atoms with Gasteiger partial charge in [0.25, 0.3) is 0 Å². The van der Waals surface area contributed by atoms with E-state index in [1.807, 2.05) is 23.4 Å². The Labute approximate surface area is 149 Å². The molecule has 0 radical (unpaired) electrons. The fourth-order valence-electron chi connectivity index (χ4n) is 4.15. The molecule has 8 nitrogen and oxygen atoms in total. The lowest BCUT2D eigenvalue weighted by atomic mass is 9.91. The molecule has 3 aromatic heterocycles. The quantitative estimate of drug-likeness (QED) is 0.717. The standard InChI is InChI=1S/C18H20N7O/c1-2-12-9-24(18(26)23-6-5-19-11-23)10-13(12)15-7-21-16-8-22-17-14(25(15)16)3-4-20-17/h3-5,7-8,11-13,20H,2,6,9-10H2,1H3/q+1/t12-,13+/m1/s1. The van der Waals surface area contributed by atoms with Crippen molar-refractivity contribution in [3.05, 3.63) is 30.4 Å². The maximum atomic E-state index is 12.8. The maximum Gasteiger partial charge on any atom is 0.438 e. The van der Waals surface area contributed by atoms with Gasteiger partial charge in [0, 0.05) is 29.9 Å². The summed E-state index contributed by atoms with van der Waals surface area (Å²) in [4.78, 5) is 30.9. The van der Waals surface area contributed by atoms with Gasteiger partial charge in [0.05, 0.1) is 24.8 Å². The predicted octanol–water partition coefficient (Wildman–Crippen LogP) is 1.88. The minimum absolute atomic E-state index is 0.0331. The van der Waals surface area contributed by atoms with Crippen molar-refractivity contribution < 1.29 is 9.37 Å². The van der Waals surface area contributed by atoms with Crippen molar-refractivity contribution in [1.82, 2.24) is 24.3 Å². The summed E-state index contributed by atoms with van der Waals surface area (Å²) in [5.41, 5.74) is 3.86. The highest BCUT2D eigenvalue weighted by molar-refractivity contribution is 5.81. The van der Waals surface area contributed by atoms with Gasteiger partial charge in [0.2, 0.25) is 6.34 Å². The summed E-state index contributed by atoms with van der Waals surface area (Å²) < 4.78 is 3.84. The number of amides is 2. The van der Waals surface area contributed by atoms with E-state index >= 15 is 0 Å². The third kappa shape index (κ3) is 2.18. The molecule has 2 aliphatic rings. The van der Waals surface area contributed by atoms with Gasteiger partial charge in [-0.2, -0.15) is 4.58 Å². The maximum absolute atomic E-state index is 12.8. The van der Waals surface area contributed by atoms with Crippen LogP contribution in [0, 0.1) is 5.92 Å². The minimum Gasteiger partial charge on any atom is -0.345 e. The number of aromatic amines is 1. The number of hydrogen-bond donors (Lipinski definition) is 1. The summed E-state index contributed by atoms with van der Waals surface area (Å²) in [5, 5.41) is 0. The summed E-state index contributed by atoms with van der Waals surface area (Å²) in [6, 6.07) is 2.06. The number of likely N-dealkylation sites (tertiary alicyclic amines) is 1. The Morgan fingerprint density at radius 1 is 1.35 bits per heavy atom. The van der Waals surface area contributed by atoms with E-state index in [0.717, 1.165) is 35.5 Å². The average Bonchev–Trinajstić information content (AvgIpc) is 3.45. The minimum atomic E-state index is 0.0331. The van der Waals surface area contributed by atoms with Crippen molar-refractivity contribution in [2.24, 2.45) is 10.9 Å². The van der Waals surface area contributed by atoms with Gasteiger partial charge in [-0.25, -0.2) is 14.8 Å². The molecule has 5 heterocycles. The monoisotopic (exact) mass is 350 g/mol. The number of nitrogens with one attached hydrogen (secondary N) is 1. The van der Waals surface area contributed by atoms with Crippen LogP contribution >= 0.6 is 0 Å². The van der Waals surface area contributed by atoms with Gasteiger partial charge in [0.15, 0.2) is 11.3 Å². The van der Waals surface area contributed by atoms with Gasteiger partial charge in [0.1, 0.15) is 12.8 Å². The van der Waals surface area contributed by atoms with Crippen LogP contribution in [0.4, 0.5) is 4.79 Å². The number of carbonyl (C=O) groups excluding carboxylic acids is 1. The number of fused-ring (bicyclic) bond motifs is 3. The Bertz CT molecular complexity index is 1060. The SMILES string of the molecule is CC[C@@H]1CN(C(=O)[N+]2=CN=CC2)C[C@@H]1c1cnc2cnc3[nH]ccc3n12. The van der Waals surface area contributed by atoms with Crippen molar-refractivity contribution in [2.75, 3.05) is 19.6 Å². The van der Waals surface area contributed by atoms with Gasteiger partial charge in [-0.3, -0.25) is 9.30 Å². The number of aliphatic imine (C=N–C) groups is 1. The summed E-state index contributed by atoms with van der Waals surface area (Å²) in [6.45, 7) is 4.21. The van der Waals surface area contributed by atoms with Crippen LogP contribution in [-0.2, 0) is 0 Å². The number of imidazole rings is 1. The number of nitrogens with zero attached hydrogens (tertiary/aromatic N) is 6. The van der Waals surface area contributed by atoms with Crippen molar-refractivity contribution in [3.63, 3.8) is 0 Å². The lowest BCUT2D eigenvalue weighted by Crippen LogP contribution is -2.36. The van der Waals surface area contributed by atoms with Crippen LogP contribution in [-0.4, -0.2) is 67.0 Å². The van der Waals surface area contributed by atoms with Gasteiger partial charge < -0.3 is 4.98 Å². The lowest BCUT2D eigenvalue weighted by molar-refractivity contribution is -0.411. The van der Waals surface area contributed by atoms with Crippen LogP contribution in [0.1, 0.15) is 25.0 Å². The molecular weight excluding hydrogens is 330 g/mol. The van der Waals surface area contributed by atoms with E-state index < -0.39 is 0 Å². The molecule has 8 heteroatoms. The highest BCUT2D eigenvalue weighted by atomic mass is 16.2. The summed E-state index contributed by atoms with van der Waals surface area (Å²) in [5.74, 6) is 0.660. The number of aromatic nitrogens is 4. The fraction of sp³-hybridized carbons (Fsp3) is 0.389. The number of H-pyrrole nitrogens is 1. The van der Waals surface area contributed by atoms with Gasteiger partial charge in [-0.1, -0.05) is 6.92 Å². The molecule has 2 atom stereocenters. The molecule has 26 heavy (non-hydrogen) atoms. The second-order valence-electron chi connectivity index (χ2n) is 6.91. The number of carbonyl (C=O) groups is 1. The third-order valence-corrected chi connectivity index (χ3v) is 5.52. The Morgan fingerprint density at radius 2 is 2.27 bits per heavy atom. The highest BCUT2D eigenvalue weighted by Gasteiger charge is 2.41. The van der Waals surface area contributed by atoms with Crippen LogP contribution in [0.15, 0.2) is 29.6 Å². The lowest BCUT2D eigenvalue weighted by Gasteiger charge is -2.15. The highest BCUT2D eigenvalue weighted by Crippen LogP contribution is 2.36. The Kier molecular flexibility index (Phi) is 3.37. The molecule has 5 rings (SSSR count). The first-order chi connectivity index (χ1) is 12.8. The fourth-order valence-corrected chi connectivity index (χ4v) is 4.15. The molecule has 3 aromatic rings. The van der Waals surface area contributed by atoms with E-state index in [1.165, 1.54) is 0 Å². The molecule has 0 bridgehead atoms. The molecule has 1 N–H and O–H groups in total. The second-order valence-corrected chi connectivity index (χ2v) is 6.91. The number of hydrogen-bond acceptors (Lipinski definition) is 4. The first-order valence-electron chi connectivity index (χ1n) is 8.96.